The minimum atomic E-state index is 0.242. The number of thioether (sulfide) groups is 1. The molecule has 0 saturated carbocycles. The van der Waals surface area contributed by atoms with Crippen molar-refractivity contribution >= 4 is 11.8 Å². The molecule has 2 aromatic carbocycles. The largest absolute Gasteiger partial charge is 0.497 e. The Morgan fingerprint density at radius 1 is 1.04 bits per heavy atom. The molecule has 24 heavy (non-hydrogen) atoms. The van der Waals surface area contributed by atoms with Gasteiger partial charge in [-0.3, -0.25) is 0 Å². The van der Waals surface area contributed by atoms with Crippen molar-refractivity contribution in [1.29, 1.82) is 0 Å². The Labute approximate surface area is 142 Å². The third-order valence-electron chi connectivity index (χ3n) is 3.55. The normalized spacial score (nSPS) is 12.4. The number of benzene rings is 2. The molecule has 0 aliphatic carbocycles. The van der Waals surface area contributed by atoms with Crippen LogP contribution in [0.3, 0.4) is 0 Å². The topological polar surface area (TPSA) is 66.6 Å². The van der Waals surface area contributed by atoms with Crippen LogP contribution in [0.25, 0.3) is 11.5 Å². The number of nitrogens with zero attached hydrogens (tertiary/aromatic N) is 2. The second kappa shape index (κ2) is 6.45. The van der Waals surface area contributed by atoms with Gasteiger partial charge in [0.25, 0.3) is 5.22 Å². The van der Waals surface area contributed by atoms with E-state index in [-0.39, 0.29) is 6.79 Å². The average Bonchev–Trinajstić information content (AvgIpc) is 3.29. The van der Waals surface area contributed by atoms with E-state index in [2.05, 4.69) is 10.2 Å². The van der Waals surface area contributed by atoms with Crippen molar-refractivity contribution in [3.8, 4) is 28.7 Å². The van der Waals surface area contributed by atoms with Gasteiger partial charge in [-0.25, -0.2) is 0 Å². The van der Waals surface area contributed by atoms with E-state index in [4.69, 9.17) is 18.6 Å². The number of aromatic nitrogens is 2. The van der Waals surface area contributed by atoms with Crippen molar-refractivity contribution < 1.29 is 18.6 Å². The van der Waals surface area contributed by atoms with Crippen LogP contribution in [0.4, 0.5) is 0 Å². The quantitative estimate of drug-likeness (QED) is 0.654. The molecule has 1 aliphatic heterocycles. The van der Waals surface area contributed by atoms with Gasteiger partial charge in [0.15, 0.2) is 11.5 Å². The van der Waals surface area contributed by atoms with Gasteiger partial charge in [0.05, 0.1) is 7.11 Å². The molecule has 1 aliphatic rings. The Balaban J connectivity index is 1.44. The molecule has 0 bridgehead atoms. The van der Waals surface area contributed by atoms with Gasteiger partial charge in [0.1, 0.15) is 5.75 Å². The van der Waals surface area contributed by atoms with Crippen LogP contribution in [0, 0.1) is 0 Å². The molecule has 0 unspecified atom stereocenters. The molecule has 0 atom stereocenters. The zero-order valence-corrected chi connectivity index (χ0v) is 13.7. The van der Waals surface area contributed by atoms with E-state index < -0.39 is 0 Å². The van der Waals surface area contributed by atoms with E-state index in [1.165, 1.54) is 11.8 Å². The van der Waals surface area contributed by atoms with E-state index in [9.17, 15) is 0 Å². The van der Waals surface area contributed by atoms with Crippen molar-refractivity contribution in [1.82, 2.24) is 10.2 Å². The Bertz CT molecular complexity index is 848. The maximum absolute atomic E-state index is 5.72. The lowest BCUT2D eigenvalue weighted by Crippen LogP contribution is -1.92. The smallest absolute Gasteiger partial charge is 0.277 e. The van der Waals surface area contributed by atoms with Crippen LogP contribution in [0.15, 0.2) is 52.1 Å². The summed E-state index contributed by atoms with van der Waals surface area (Å²) in [5, 5.41) is 8.71. The van der Waals surface area contributed by atoms with Gasteiger partial charge in [-0.2, -0.15) is 0 Å². The average molecular weight is 342 g/mol. The third kappa shape index (κ3) is 3.03. The summed E-state index contributed by atoms with van der Waals surface area (Å²) in [5.41, 5.74) is 1.96. The van der Waals surface area contributed by atoms with Crippen molar-refractivity contribution in [3.05, 3.63) is 48.0 Å². The minimum Gasteiger partial charge on any atom is -0.497 e. The van der Waals surface area contributed by atoms with E-state index >= 15 is 0 Å². The fraction of sp³-hybridized carbons (Fsp3) is 0.176. The lowest BCUT2D eigenvalue weighted by molar-refractivity contribution is 0.174. The summed E-state index contributed by atoms with van der Waals surface area (Å²) in [7, 11) is 1.65. The first kappa shape index (κ1) is 14.9. The van der Waals surface area contributed by atoms with Crippen LogP contribution in [0.1, 0.15) is 5.56 Å². The van der Waals surface area contributed by atoms with Crippen molar-refractivity contribution in [2.45, 2.75) is 11.0 Å². The fourth-order valence-corrected chi connectivity index (χ4v) is 3.00. The predicted octanol–water partition coefficient (Wildman–Crippen LogP) is 3.77. The SMILES string of the molecule is COc1ccc(CSc2nnc(-c3ccc4c(c3)OCO4)o2)cc1. The molecule has 0 spiro atoms. The second-order valence-corrected chi connectivity index (χ2v) is 6.00. The molecule has 4 rings (SSSR count). The molecule has 0 amide bonds. The van der Waals surface area contributed by atoms with Gasteiger partial charge in [-0.15, -0.1) is 10.2 Å². The summed E-state index contributed by atoms with van der Waals surface area (Å²) in [6.07, 6.45) is 0. The number of methoxy groups -OCH3 is 1. The number of hydrogen-bond donors (Lipinski definition) is 0. The molecule has 7 heteroatoms. The summed E-state index contributed by atoms with van der Waals surface area (Å²) in [6.45, 7) is 0.242. The summed E-state index contributed by atoms with van der Waals surface area (Å²) < 4.78 is 21.5. The molecule has 6 nitrogen and oxygen atoms in total. The van der Waals surface area contributed by atoms with Gasteiger partial charge in [-0.1, -0.05) is 23.9 Å². The van der Waals surface area contributed by atoms with E-state index in [1.54, 1.807) is 7.11 Å². The first-order valence-electron chi connectivity index (χ1n) is 7.31. The summed E-state index contributed by atoms with van der Waals surface area (Å²) >= 11 is 1.49. The monoisotopic (exact) mass is 342 g/mol. The molecule has 2 heterocycles. The zero-order valence-electron chi connectivity index (χ0n) is 12.9. The maximum Gasteiger partial charge on any atom is 0.277 e. The molecule has 0 saturated heterocycles. The summed E-state index contributed by atoms with van der Waals surface area (Å²) in [5.74, 6) is 3.47. The first-order valence-corrected chi connectivity index (χ1v) is 8.29. The number of hydrogen-bond acceptors (Lipinski definition) is 7. The molecule has 1 aromatic heterocycles. The zero-order chi connectivity index (χ0) is 16.4. The second-order valence-electron chi connectivity index (χ2n) is 5.08. The van der Waals surface area contributed by atoms with Crippen molar-refractivity contribution in [2.24, 2.45) is 0 Å². The van der Waals surface area contributed by atoms with Crippen LogP contribution >= 0.6 is 11.8 Å². The maximum atomic E-state index is 5.72. The van der Waals surface area contributed by atoms with Crippen LogP contribution in [0.2, 0.25) is 0 Å². The molecular formula is C17H14N2O4S. The van der Waals surface area contributed by atoms with E-state index in [0.717, 1.165) is 28.4 Å². The highest BCUT2D eigenvalue weighted by Crippen LogP contribution is 2.36. The van der Waals surface area contributed by atoms with Gasteiger partial charge in [0.2, 0.25) is 12.7 Å². The number of fused-ring (bicyclic) bond motifs is 1. The summed E-state index contributed by atoms with van der Waals surface area (Å²) in [4.78, 5) is 0. The van der Waals surface area contributed by atoms with Crippen LogP contribution in [-0.4, -0.2) is 24.1 Å². The number of ether oxygens (including phenoxy) is 3. The predicted molar refractivity (Wildman–Crippen MR) is 88.4 cm³/mol. The van der Waals surface area contributed by atoms with Gasteiger partial charge >= 0.3 is 0 Å². The summed E-state index contributed by atoms with van der Waals surface area (Å²) in [6, 6.07) is 13.4. The third-order valence-corrected chi connectivity index (χ3v) is 4.44. The van der Waals surface area contributed by atoms with Gasteiger partial charge in [-0.05, 0) is 35.9 Å². The molecular weight excluding hydrogens is 328 g/mol. The number of rotatable bonds is 5. The highest BCUT2D eigenvalue weighted by molar-refractivity contribution is 7.98. The minimum absolute atomic E-state index is 0.242. The van der Waals surface area contributed by atoms with Crippen molar-refractivity contribution in [3.63, 3.8) is 0 Å². The Kier molecular flexibility index (Phi) is 4.00. The van der Waals surface area contributed by atoms with Gasteiger partial charge in [0, 0.05) is 11.3 Å². The standard InChI is InChI=1S/C17H14N2O4S/c1-20-13-5-2-11(3-6-13)9-24-17-19-18-16(23-17)12-4-7-14-15(8-12)22-10-21-14/h2-8H,9-10H2,1H3. The molecule has 0 fully saturated rings. The Morgan fingerprint density at radius 3 is 2.71 bits per heavy atom. The molecule has 3 aromatic rings. The Morgan fingerprint density at radius 2 is 1.88 bits per heavy atom. The molecule has 0 N–H and O–H groups in total. The highest BCUT2D eigenvalue weighted by atomic mass is 32.2. The van der Waals surface area contributed by atoms with E-state index in [0.29, 0.717) is 16.9 Å². The lowest BCUT2D eigenvalue weighted by Gasteiger charge is -2.01. The van der Waals surface area contributed by atoms with Crippen LogP contribution in [-0.2, 0) is 5.75 Å². The Hall–Kier alpha value is -2.67. The van der Waals surface area contributed by atoms with Gasteiger partial charge < -0.3 is 18.6 Å². The van der Waals surface area contributed by atoms with E-state index in [1.807, 2.05) is 42.5 Å². The van der Waals surface area contributed by atoms with Crippen LogP contribution < -0.4 is 14.2 Å². The molecule has 122 valence electrons. The lowest BCUT2D eigenvalue weighted by atomic mass is 10.2. The first-order chi connectivity index (χ1) is 11.8. The fourth-order valence-electron chi connectivity index (χ4n) is 2.28. The van der Waals surface area contributed by atoms with Crippen LogP contribution in [0.5, 0.6) is 17.2 Å². The highest BCUT2D eigenvalue weighted by Gasteiger charge is 2.16. The molecule has 0 radical (unpaired) electrons. The van der Waals surface area contributed by atoms with Crippen molar-refractivity contribution in [2.75, 3.05) is 13.9 Å².